The number of hydrogen-bond donors (Lipinski definition) is 0. The van der Waals surface area contributed by atoms with Crippen LogP contribution < -0.4 is 3.83 Å². The summed E-state index contributed by atoms with van der Waals surface area (Å²) in [6.45, 7) is 7.84. The van der Waals surface area contributed by atoms with Crippen molar-refractivity contribution < 1.29 is 21.7 Å². The Morgan fingerprint density at radius 1 is 0.967 bits per heavy atom. The second-order valence-electron chi connectivity index (χ2n) is 7.43. The van der Waals surface area contributed by atoms with Crippen molar-refractivity contribution in [3.63, 3.8) is 0 Å². The fourth-order valence-corrected chi connectivity index (χ4v) is 6.91. The summed E-state index contributed by atoms with van der Waals surface area (Å²) in [5, 5.41) is 0.980. The van der Waals surface area contributed by atoms with Gasteiger partial charge < -0.3 is 12.9 Å². The summed E-state index contributed by atoms with van der Waals surface area (Å²) in [4.78, 5) is 0.949. The Morgan fingerprint density at radius 3 is 2.23 bits per heavy atom. The maximum atomic E-state index is 13.9. The molecule has 0 amide bonds. The normalized spacial score (nSPS) is 13.0. The van der Waals surface area contributed by atoms with E-state index in [0.29, 0.717) is 17.7 Å². The van der Waals surface area contributed by atoms with Crippen molar-refractivity contribution in [1.29, 1.82) is 0 Å². The van der Waals surface area contributed by atoms with Crippen LogP contribution in [0.15, 0.2) is 42.5 Å². The molecule has 0 fully saturated rings. The van der Waals surface area contributed by atoms with Crippen LogP contribution in [0, 0.1) is 11.6 Å². The topological polar surface area (TPSA) is 27.7 Å². The molecule has 0 N–H and O–H groups in total. The van der Waals surface area contributed by atoms with Gasteiger partial charge in [0, 0.05) is 10.1 Å². The van der Waals surface area contributed by atoms with Crippen molar-refractivity contribution in [2.75, 3.05) is 0 Å². The molecule has 1 heterocycles. The molecule has 0 saturated carbocycles. The predicted molar refractivity (Wildman–Crippen MR) is 124 cm³/mol. The summed E-state index contributed by atoms with van der Waals surface area (Å²) in [5.41, 5.74) is 0.448. The molecule has 0 aliphatic rings. The molecule has 0 radical (unpaired) electrons. The number of benzene rings is 2. The van der Waals surface area contributed by atoms with Gasteiger partial charge in [-0.15, -0.1) is 11.3 Å². The highest BCUT2D eigenvalue weighted by Crippen LogP contribution is 2.60. The lowest BCUT2D eigenvalue weighted by Gasteiger charge is -2.29. The Balaban J connectivity index is 2.11. The van der Waals surface area contributed by atoms with Gasteiger partial charge in [0.15, 0.2) is 42.0 Å². The maximum Gasteiger partial charge on any atom is 0.180 e. The van der Waals surface area contributed by atoms with E-state index in [0.717, 1.165) is 21.0 Å². The minimum atomic E-state index is -1.39. The minimum absolute atomic E-state index is 0.0509. The van der Waals surface area contributed by atoms with Gasteiger partial charge in [-0.3, -0.25) is 0 Å². The molecular formula is C22H24BrF2O3PS. The first kappa shape index (κ1) is 23.6. The minimum Gasteiger partial charge on any atom is -0.416 e. The van der Waals surface area contributed by atoms with E-state index in [9.17, 15) is 8.78 Å². The van der Waals surface area contributed by atoms with Crippen LogP contribution in [-0.2, 0) is 15.5 Å². The molecule has 3 aromatic rings. The van der Waals surface area contributed by atoms with Gasteiger partial charge in [0.25, 0.3) is 0 Å². The van der Waals surface area contributed by atoms with E-state index in [1.807, 2.05) is 52.0 Å². The summed E-state index contributed by atoms with van der Waals surface area (Å²) in [6, 6.07) is 12.0. The third kappa shape index (κ3) is 5.57. The number of hydrogen-bond acceptors (Lipinski definition) is 4. The van der Waals surface area contributed by atoms with Crippen LogP contribution in [0.3, 0.4) is 0 Å². The Hall–Kier alpha value is -1.11. The van der Waals surface area contributed by atoms with Gasteiger partial charge in [0.1, 0.15) is 0 Å². The molecular weight excluding hydrogens is 493 g/mol. The van der Waals surface area contributed by atoms with Crippen molar-refractivity contribution in [2.45, 2.75) is 52.0 Å². The third-order valence-electron chi connectivity index (χ3n) is 4.25. The SMILES string of the molecule is CC(C)OP(OC(C)C)C(Cc1ccc(F)c(F)c1)c1sc2ccccc2c1OBr. The average molecular weight is 517 g/mol. The lowest BCUT2D eigenvalue weighted by atomic mass is 10.1. The van der Waals surface area contributed by atoms with Crippen molar-refractivity contribution in [3.05, 3.63) is 64.5 Å². The summed E-state index contributed by atoms with van der Waals surface area (Å²) in [6.07, 6.45) is 0.327. The highest BCUT2D eigenvalue weighted by atomic mass is 79.9. The molecule has 0 spiro atoms. The van der Waals surface area contributed by atoms with Crippen LogP contribution in [0.5, 0.6) is 5.75 Å². The summed E-state index contributed by atoms with van der Waals surface area (Å²) in [7, 11) is -1.39. The highest BCUT2D eigenvalue weighted by molar-refractivity contribution is 9.06. The number of thiophene rings is 1. The zero-order valence-electron chi connectivity index (χ0n) is 17.2. The molecule has 1 aromatic heterocycles. The number of rotatable bonds is 9. The van der Waals surface area contributed by atoms with Crippen molar-refractivity contribution in [1.82, 2.24) is 0 Å². The van der Waals surface area contributed by atoms with Gasteiger partial charge in [0.05, 0.1) is 22.7 Å². The smallest absolute Gasteiger partial charge is 0.180 e. The lowest BCUT2D eigenvalue weighted by molar-refractivity contribution is 0.172. The quantitative estimate of drug-likeness (QED) is 0.267. The molecule has 1 atom stereocenters. The van der Waals surface area contributed by atoms with E-state index in [1.54, 1.807) is 17.4 Å². The first-order chi connectivity index (χ1) is 14.3. The van der Waals surface area contributed by atoms with Crippen LogP contribution in [0.4, 0.5) is 8.78 Å². The summed E-state index contributed by atoms with van der Waals surface area (Å²) in [5.74, 6) is -1.02. The summed E-state index contributed by atoms with van der Waals surface area (Å²) < 4.78 is 46.5. The zero-order chi connectivity index (χ0) is 21.8. The fraction of sp³-hybridized carbons (Fsp3) is 0.364. The molecule has 2 aromatic carbocycles. The van der Waals surface area contributed by atoms with E-state index in [-0.39, 0.29) is 17.9 Å². The molecule has 0 saturated heterocycles. The van der Waals surface area contributed by atoms with E-state index in [2.05, 4.69) is 16.3 Å². The molecule has 0 bridgehead atoms. The highest BCUT2D eigenvalue weighted by Gasteiger charge is 2.33. The van der Waals surface area contributed by atoms with E-state index in [4.69, 9.17) is 12.9 Å². The van der Waals surface area contributed by atoms with E-state index in [1.165, 1.54) is 6.07 Å². The largest absolute Gasteiger partial charge is 0.416 e. The van der Waals surface area contributed by atoms with Crippen LogP contribution >= 0.6 is 36.0 Å². The van der Waals surface area contributed by atoms with Crippen molar-refractivity contribution in [2.24, 2.45) is 0 Å². The molecule has 3 nitrogen and oxygen atoms in total. The van der Waals surface area contributed by atoms with Crippen LogP contribution in [-0.4, -0.2) is 12.2 Å². The maximum absolute atomic E-state index is 13.9. The molecule has 0 aliphatic carbocycles. The summed E-state index contributed by atoms with van der Waals surface area (Å²) >= 11 is 4.76. The van der Waals surface area contributed by atoms with Gasteiger partial charge >= 0.3 is 0 Å². The first-order valence-electron chi connectivity index (χ1n) is 9.66. The van der Waals surface area contributed by atoms with Gasteiger partial charge in [-0.05, 0) is 63.9 Å². The molecule has 3 rings (SSSR count). The Labute approximate surface area is 189 Å². The van der Waals surface area contributed by atoms with Crippen molar-refractivity contribution in [3.8, 4) is 5.75 Å². The number of fused-ring (bicyclic) bond motifs is 1. The Morgan fingerprint density at radius 2 is 1.63 bits per heavy atom. The van der Waals surface area contributed by atoms with Crippen LogP contribution in [0.2, 0.25) is 0 Å². The fourth-order valence-electron chi connectivity index (χ4n) is 3.08. The van der Waals surface area contributed by atoms with Gasteiger partial charge in [-0.25, -0.2) is 8.78 Å². The Kier molecular flexibility index (Phi) is 8.22. The first-order valence-corrected chi connectivity index (χ1v) is 12.4. The third-order valence-corrected chi connectivity index (χ3v) is 8.22. The van der Waals surface area contributed by atoms with Gasteiger partial charge in [-0.1, -0.05) is 18.2 Å². The molecule has 162 valence electrons. The standard InChI is InChI=1S/C22H24BrF2O3PS/c1-13(2)27-29(28-14(3)4)19(12-15-9-10-17(24)18(25)11-15)22-21(26-23)16-7-5-6-8-20(16)30-22/h5-11,13-14,19H,12H2,1-4H3. The Bertz CT molecular complexity index is 986. The van der Waals surface area contributed by atoms with E-state index >= 15 is 0 Å². The predicted octanol–water partition coefficient (Wildman–Crippen LogP) is 8.31. The molecule has 1 unspecified atom stereocenters. The van der Waals surface area contributed by atoms with Crippen LogP contribution in [0.25, 0.3) is 10.1 Å². The van der Waals surface area contributed by atoms with Gasteiger partial charge in [0.2, 0.25) is 0 Å². The molecule has 8 heteroatoms. The molecule has 30 heavy (non-hydrogen) atoms. The molecule has 0 aliphatic heterocycles. The number of halogens is 3. The average Bonchev–Trinajstić information content (AvgIpc) is 3.05. The second kappa shape index (κ2) is 10.5. The van der Waals surface area contributed by atoms with Crippen molar-refractivity contribution >= 4 is 46.1 Å². The zero-order valence-corrected chi connectivity index (χ0v) is 20.5. The lowest BCUT2D eigenvalue weighted by Crippen LogP contribution is -2.12. The van der Waals surface area contributed by atoms with Gasteiger partial charge in [-0.2, -0.15) is 0 Å². The monoisotopic (exact) mass is 516 g/mol. The van der Waals surface area contributed by atoms with E-state index < -0.39 is 20.0 Å². The van der Waals surface area contributed by atoms with Crippen LogP contribution in [0.1, 0.15) is 43.8 Å². The second-order valence-corrected chi connectivity index (χ2v) is 10.5.